The second-order valence-electron chi connectivity index (χ2n) is 7.51. The van der Waals surface area contributed by atoms with Gasteiger partial charge in [-0.1, -0.05) is 0 Å². The lowest BCUT2D eigenvalue weighted by atomic mass is 9.54. The Labute approximate surface area is 138 Å². The Morgan fingerprint density at radius 1 is 1.04 bits per heavy atom. The highest BCUT2D eigenvalue weighted by Gasteiger charge is 2.48. The maximum atomic E-state index is 12.4. The molecule has 23 heavy (non-hydrogen) atoms. The van der Waals surface area contributed by atoms with E-state index in [1.54, 1.807) is 0 Å². The first-order valence-corrected chi connectivity index (χ1v) is 9.01. The minimum absolute atomic E-state index is 0.0633. The Bertz CT molecular complexity index is 541. The van der Waals surface area contributed by atoms with E-state index in [-0.39, 0.29) is 6.03 Å². The quantitative estimate of drug-likeness (QED) is 0.881. The van der Waals surface area contributed by atoms with Crippen LogP contribution < -0.4 is 15.4 Å². The number of carbonyl (C=O) groups is 1. The van der Waals surface area contributed by atoms with Gasteiger partial charge in [-0.2, -0.15) is 0 Å². The van der Waals surface area contributed by atoms with Crippen LogP contribution in [0.25, 0.3) is 0 Å². The largest absolute Gasteiger partial charge is 0.494 e. The van der Waals surface area contributed by atoms with Crippen molar-refractivity contribution < 1.29 is 9.53 Å². The maximum Gasteiger partial charge on any atom is 0.319 e. The van der Waals surface area contributed by atoms with E-state index in [1.807, 2.05) is 31.2 Å². The SMILES string of the molecule is CCOc1ccc(NC(=O)NC2C3CC4CC(C3)CC2C4)cc1. The van der Waals surface area contributed by atoms with Crippen LogP contribution in [-0.2, 0) is 0 Å². The highest BCUT2D eigenvalue weighted by atomic mass is 16.5. The molecule has 2 amide bonds. The van der Waals surface area contributed by atoms with Crippen molar-refractivity contribution in [1.82, 2.24) is 5.32 Å². The van der Waals surface area contributed by atoms with Crippen LogP contribution in [0.2, 0.25) is 0 Å². The molecule has 0 atom stereocenters. The second kappa shape index (κ2) is 6.06. The van der Waals surface area contributed by atoms with E-state index < -0.39 is 0 Å². The fourth-order valence-corrected chi connectivity index (χ4v) is 5.28. The van der Waals surface area contributed by atoms with Crippen molar-refractivity contribution in [3.8, 4) is 5.75 Å². The minimum atomic E-state index is -0.0633. The smallest absolute Gasteiger partial charge is 0.319 e. The number of urea groups is 1. The molecule has 0 unspecified atom stereocenters. The summed E-state index contributed by atoms with van der Waals surface area (Å²) in [5.41, 5.74) is 0.815. The van der Waals surface area contributed by atoms with E-state index in [2.05, 4.69) is 10.6 Å². The summed E-state index contributed by atoms with van der Waals surface area (Å²) < 4.78 is 5.42. The third-order valence-electron chi connectivity index (χ3n) is 5.95. The van der Waals surface area contributed by atoms with Gasteiger partial charge in [0.25, 0.3) is 0 Å². The fourth-order valence-electron chi connectivity index (χ4n) is 5.28. The van der Waals surface area contributed by atoms with Crippen molar-refractivity contribution in [3.63, 3.8) is 0 Å². The van der Waals surface area contributed by atoms with Gasteiger partial charge in [-0.05, 0) is 87.0 Å². The van der Waals surface area contributed by atoms with Gasteiger partial charge in [0.15, 0.2) is 0 Å². The maximum absolute atomic E-state index is 12.4. The molecule has 0 saturated heterocycles. The predicted molar refractivity (Wildman–Crippen MR) is 90.6 cm³/mol. The second-order valence-corrected chi connectivity index (χ2v) is 7.51. The van der Waals surface area contributed by atoms with Crippen molar-refractivity contribution in [3.05, 3.63) is 24.3 Å². The Morgan fingerprint density at radius 2 is 1.65 bits per heavy atom. The molecular formula is C19H26N2O2. The van der Waals surface area contributed by atoms with Crippen molar-refractivity contribution in [2.45, 2.75) is 45.1 Å². The fraction of sp³-hybridized carbons (Fsp3) is 0.632. The highest BCUT2D eigenvalue weighted by Crippen LogP contribution is 2.53. The van der Waals surface area contributed by atoms with E-state index in [9.17, 15) is 4.79 Å². The van der Waals surface area contributed by atoms with Gasteiger partial charge < -0.3 is 15.4 Å². The molecule has 0 spiro atoms. The van der Waals surface area contributed by atoms with Crippen LogP contribution >= 0.6 is 0 Å². The summed E-state index contributed by atoms with van der Waals surface area (Å²) in [4.78, 5) is 12.4. The van der Waals surface area contributed by atoms with Gasteiger partial charge >= 0.3 is 6.03 Å². The predicted octanol–water partition coefficient (Wildman–Crippen LogP) is 4.03. The number of carbonyl (C=O) groups excluding carboxylic acids is 1. The summed E-state index contributed by atoms with van der Waals surface area (Å²) in [6, 6.07) is 7.88. The number of nitrogens with one attached hydrogen (secondary N) is 2. The summed E-state index contributed by atoms with van der Waals surface area (Å²) in [6.07, 6.45) is 6.72. The lowest BCUT2D eigenvalue weighted by Crippen LogP contribution is -2.56. The van der Waals surface area contributed by atoms with E-state index >= 15 is 0 Å². The summed E-state index contributed by atoms with van der Waals surface area (Å²) >= 11 is 0. The third kappa shape index (κ3) is 3.04. The van der Waals surface area contributed by atoms with Crippen molar-refractivity contribution in [2.75, 3.05) is 11.9 Å². The van der Waals surface area contributed by atoms with Crippen molar-refractivity contribution in [2.24, 2.45) is 23.7 Å². The van der Waals surface area contributed by atoms with Crippen LogP contribution in [0.5, 0.6) is 5.75 Å². The molecule has 4 bridgehead atoms. The van der Waals surface area contributed by atoms with Crippen LogP contribution in [0.15, 0.2) is 24.3 Å². The first-order chi connectivity index (χ1) is 11.2. The molecule has 0 heterocycles. The molecule has 4 nitrogen and oxygen atoms in total. The topological polar surface area (TPSA) is 50.4 Å². The van der Waals surface area contributed by atoms with E-state index in [4.69, 9.17) is 4.74 Å². The Balaban J connectivity index is 1.35. The van der Waals surface area contributed by atoms with Gasteiger partial charge in [0.2, 0.25) is 0 Å². The number of rotatable bonds is 4. The average Bonchev–Trinajstić information content (AvgIpc) is 2.52. The van der Waals surface area contributed by atoms with E-state index in [1.165, 1.54) is 32.1 Å². The Kier molecular flexibility index (Phi) is 3.92. The zero-order valence-electron chi connectivity index (χ0n) is 13.8. The summed E-state index contributed by atoms with van der Waals surface area (Å²) in [6.45, 7) is 2.62. The first-order valence-electron chi connectivity index (χ1n) is 9.01. The number of benzene rings is 1. The van der Waals surface area contributed by atoms with Gasteiger partial charge in [-0.25, -0.2) is 4.79 Å². The molecule has 1 aromatic rings. The lowest BCUT2D eigenvalue weighted by Gasteiger charge is -2.54. The zero-order chi connectivity index (χ0) is 15.8. The molecular weight excluding hydrogens is 288 g/mol. The number of amides is 2. The zero-order valence-corrected chi connectivity index (χ0v) is 13.8. The molecule has 124 valence electrons. The molecule has 4 heteroatoms. The monoisotopic (exact) mass is 314 g/mol. The molecule has 0 radical (unpaired) electrons. The van der Waals surface area contributed by atoms with Crippen LogP contribution in [0.1, 0.15) is 39.0 Å². The van der Waals surface area contributed by atoms with Gasteiger partial charge in [0.05, 0.1) is 6.61 Å². The first kappa shape index (κ1) is 14.9. The molecule has 4 aliphatic rings. The normalized spacial score (nSPS) is 34.2. The van der Waals surface area contributed by atoms with Crippen LogP contribution in [0.3, 0.4) is 0 Å². The van der Waals surface area contributed by atoms with E-state index in [0.717, 1.165) is 23.3 Å². The third-order valence-corrected chi connectivity index (χ3v) is 5.95. The number of anilines is 1. The molecule has 4 fully saturated rings. The number of hydrogen-bond donors (Lipinski definition) is 2. The molecule has 2 N–H and O–H groups in total. The summed E-state index contributed by atoms with van der Waals surface area (Å²) in [7, 11) is 0. The van der Waals surface area contributed by atoms with Gasteiger partial charge in [-0.3, -0.25) is 0 Å². The van der Waals surface area contributed by atoms with Gasteiger partial charge in [0.1, 0.15) is 5.75 Å². The summed E-state index contributed by atoms with van der Waals surface area (Å²) in [5.74, 6) is 4.11. The summed E-state index contributed by atoms with van der Waals surface area (Å²) in [5, 5.41) is 6.23. The average molecular weight is 314 g/mol. The van der Waals surface area contributed by atoms with Crippen LogP contribution in [0, 0.1) is 23.7 Å². The number of hydrogen-bond acceptors (Lipinski definition) is 2. The van der Waals surface area contributed by atoms with Crippen LogP contribution in [0.4, 0.5) is 10.5 Å². The lowest BCUT2D eigenvalue weighted by molar-refractivity contribution is -0.00883. The molecule has 4 saturated carbocycles. The minimum Gasteiger partial charge on any atom is -0.494 e. The Hall–Kier alpha value is -1.71. The Morgan fingerprint density at radius 3 is 2.22 bits per heavy atom. The van der Waals surface area contributed by atoms with E-state index in [0.29, 0.717) is 24.5 Å². The molecule has 5 rings (SSSR count). The standard InChI is InChI=1S/C19H26N2O2/c1-2-23-17-5-3-16(4-6-17)20-19(22)21-18-14-8-12-7-13(10-14)11-15(18)9-12/h3-6,12-15,18H,2,7-11H2,1H3,(H2,20,21,22). The van der Waals surface area contributed by atoms with Gasteiger partial charge in [0, 0.05) is 11.7 Å². The van der Waals surface area contributed by atoms with Gasteiger partial charge in [-0.15, -0.1) is 0 Å². The van der Waals surface area contributed by atoms with Crippen LogP contribution in [-0.4, -0.2) is 18.7 Å². The highest BCUT2D eigenvalue weighted by molar-refractivity contribution is 5.89. The molecule has 0 aromatic heterocycles. The molecule has 0 aliphatic heterocycles. The number of ether oxygens (including phenoxy) is 1. The van der Waals surface area contributed by atoms with Crippen molar-refractivity contribution >= 4 is 11.7 Å². The molecule has 1 aromatic carbocycles. The molecule has 4 aliphatic carbocycles. The van der Waals surface area contributed by atoms with Crippen molar-refractivity contribution in [1.29, 1.82) is 0 Å².